The molecule has 0 radical (unpaired) electrons. The van der Waals surface area contributed by atoms with Crippen molar-refractivity contribution in [1.29, 1.82) is 0 Å². The lowest BCUT2D eigenvalue weighted by molar-refractivity contribution is -0.120. The normalized spacial score (nSPS) is 20.5. The number of likely N-dealkylation sites (N-methyl/N-ethyl adjacent to an activating group) is 1. The molecule has 0 aliphatic carbocycles. The molecule has 1 N–H and O–H groups in total. The zero-order valence-corrected chi connectivity index (χ0v) is 19.1. The maximum absolute atomic E-state index is 13.2. The summed E-state index contributed by atoms with van der Waals surface area (Å²) in [5, 5.41) is 10.0. The van der Waals surface area contributed by atoms with Gasteiger partial charge in [0.2, 0.25) is 5.91 Å². The fraction of sp³-hybridized carbons (Fsp3) is 0.500. The largest absolute Gasteiger partial charge is 0.390 e. The molecule has 5 heteroatoms. The molecule has 2 aliphatic heterocycles. The summed E-state index contributed by atoms with van der Waals surface area (Å²) in [5.41, 5.74) is 3.89. The molecule has 5 nitrogen and oxygen atoms in total. The number of hydrogen-bond donors (Lipinski definition) is 1. The van der Waals surface area contributed by atoms with Crippen LogP contribution in [0.25, 0.3) is 0 Å². The number of carbonyl (C=O) groups excluding carboxylic acids is 1. The summed E-state index contributed by atoms with van der Waals surface area (Å²) in [6.07, 6.45) is 2.29. The van der Waals surface area contributed by atoms with Crippen LogP contribution in [0.15, 0.2) is 48.5 Å². The molecule has 0 aromatic heterocycles. The van der Waals surface area contributed by atoms with Gasteiger partial charge in [0.1, 0.15) is 0 Å². The highest BCUT2D eigenvalue weighted by Crippen LogP contribution is 2.31. The van der Waals surface area contributed by atoms with Gasteiger partial charge < -0.3 is 19.8 Å². The second-order valence-corrected chi connectivity index (χ2v) is 9.75. The Morgan fingerprint density at radius 1 is 0.968 bits per heavy atom. The standard InChI is InChI=1S/C26H35N3O2/c1-26(2,31)19-20-8-10-23(11-9-20)29-13-12-22(25(29)30)18-21-6-4-5-7-24(21)28-16-14-27(3)15-17-28/h4-11,22,31H,12-19H2,1-3H3/t22-/m0/s1. The van der Waals surface area contributed by atoms with Crippen molar-refractivity contribution in [2.24, 2.45) is 5.92 Å². The Labute approximate surface area is 186 Å². The van der Waals surface area contributed by atoms with Crippen molar-refractivity contribution in [3.8, 4) is 0 Å². The monoisotopic (exact) mass is 421 g/mol. The number of para-hydroxylation sites is 1. The van der Waals surface area contributed by atoms with Crippen molar-refractivity contribution in [3.05, 3.63) is 59.7 Å². The first-order valence-corrected chi connectivity index (χ1v) is 11.4. The van der Waals surface area contributed by atoms with E-state index in [4.69, 9.17) is 0 Å². The highest BCUT2D eigenvalue weighted by atomic mass is 16.3. The minimum absolute atomic E-state index is 0.0321. The Hall–Kier alpha value is -2.37. The Morgan fingerprint density at radius 2 is 1.65 bits per heavy atom. The highest BCUT2D eigenvalue weighted by Gasteiger charge is 2.33. The van der Waals surface area contributed by atoms with Crippen molar-refractivity contribution in [2.75, 3.05) is 49.6 Å². The summed E-state index contributed by atoms with van der Waals surface area (Å²) in [6, 6.07) is 16.7. The molecule has 2 heterocycles. The first kappa shape index (κ1) is 21.8. The van der Waals surface area contributed by atoms with Crippen molar-refractivity contribution in [2.45, 2.75) is 38.7 Å². The van der Waals surface area contributed by atoms with Crippen LogP contribution in [0.4, 0.5) is 11.4 Å². The van der Waals surface area contributed by atoms with E-state index in [0.29, 0.717) is 6.42 Å². The topological polar surface area (TPSA) is 47.0 Å². The van der Waals surface area contributed by atoms with Crippen molar-refractivity contribution < 1.29 is 9.90 Å². The smallest absolute Gasteiger partial charge is 0.230 e. The molecule has 2 aromatic carbocycles. The zero-order valence-electron chi connectivity index (χ0n) is 19.1. The molecule has 0 bridgehead atoms. The fourth-order valence-corrected chi connectivity index (χ4v) is 4.78. The Bertz CT molecular complexity index is 896. The number of benzene rings is 2. The lowest BCUT2D eigenvalue weighted by Crippen LogP contribution is -2.44. The summed E-state index contributed by atoms with van der Waals surface area (Å²) in [5.74, 6) is 0.257. The molecule has 0 spiro atoms. The van der Waals surface area contributed by atoms with Gasteiger partial charge in [0.15, 0.2) is 0 Å². The number of anilines is 2. The number of carbonyl (C=O) groups is 1. The van der Waals surface area contributed by atoms with Crippen LogP contribution >= 0.6 is 0 Å². The van der Waals surface area contributed by atoms with E-state index in [1.807, 2.05) is 43.0 Å². The molecular weight excluding hydrogens is 386 g/mol. The quantitative estimate of drug-likeness (QED) is 0.777. The SMILES string of the molecule is CN1CCN(c2ccccc2C[C@@H]2CCN(c3ccc(CC(C)(C)O)cc3)C2=O)CC1. The van der Waals surface area contributed by atoms with E-state index in [9.17, 15) is 9.90 Å². The van der Waals surface area contributed by atoms with Gasteiger partial charge in [-0.2, -0.15) is 0 Å². The van der Waals surface area contributed by atoms with E-state index in [1.165, 1.54) is 11.3 Å². The molecule has 166 valence electrons. The zero-order chi connectivity index (χ0) is 22.0. The molecule has 0 saturated carbocycles. The van der Waals surface area contributed by atoms with Crippen molar-refractivity contribution >= 4 is 17.3 Å². The lowest BCUT2D eigenvalue weighted by atomic mass is 9.96. The van der Waals surface area contributed by atoms with Crippen LogP contribution in [0.2, 0.25) is 0 Å². The number of hydrogen-bond acceptors (Lipinski definition) is 4. The lowest BCUT2D eigenvalue weighted by Gasteiger charge is -2.35. The van der Waals surface area contributed by atoms with Crippen LogP contribution in [0, 0.1) is 5.92 Å². The van der Waals surface area contributed by atoms with Gasteiger partial charge in [0.05, 0.1) is 5.60 Å². The summed E-state index contributed by atoms with van der Waals surface area (Å²) in [7, 11) is 2.17. The van der Waals surface area contributed by atoms with E-state index in [2.05, 4.69) is 41.1 Å². The van der Waals surface area contributed by atoms with Crippen LogP contribution in [0.3, 0.4) is 0 Å². The van der Waals surface area contributed by atoms with Gasteiger partial charge >= 0.3 is 0 Å². The summed E-state index contributed by atoms with van der Waals surface area (Å²) < 4.78 is 0. The van der Waals surface area contributed by atoms with E-state index in [0.717, 1.165) is 56.8 Å². The third-order valence-corrected chi connectivity index (χ3v) is 6.50. The van der Waals surface area contributed by atoms with E-state index in [1.54, 1.807) is 0 Å². The van der Waals surface area contributed by atoms with Crippen molar-refractivity contribution in [1.82, 2.24) is 4.90 Å². The number of aliphatic hydroxyl groups is 1. The minimum Gasteiger partial charge on any atom is -0.390 e. The first-order chi connectivity index (χ1) is 14.8. The van der Waals surface area contributed by atoms with Gasteiger partial charge in [0.25, 0.3) is 0 Å². The molecule has 2 fully saturated rings. The molecule has 1 amide bonds. The molecule has 1 atom stereocenters. The van der Waals surface area contributed by atoms with Crippen LogP contribution in [-0.2, 0) is 17.6 Å². The van der Waals surface area contributed by atoms with Gasteiger partial charge in [-0.25, -0.2) is 0 Å². The third-order valence-electron chi connectivity index (χ3n) is 6.50. The Morgan fingerprint density at radius 3 is 2.32 bits per heavy atom. The fourth-order valence-electron chi connectivity index (χ4n) is 4.78. The van der Waals surface area contributed by atoms with Gasteiger partial charge in [-0.3, -0.25) is 4.79 Å². The Balaban J connectivity index is 1.43. The molecule has 31 heavy (non-hydrogen) atoms. The number of amides is 1. The second kappa shape index (κ2) is 9.01. The summed E-state index contributed by atoms with van der Waals surface area (Å²) >= 11 is 0. The second-order valence-electron chi connectivity index (χ2n) is 9.75. The van der Waals surface area contributed by atoms with Crippen molar-refractivity contribution in [3.63, 3.8) is 0 Å². The predicted molar refractivity (Wildman–Crippen MR) is 127 cm³/mol. The molecule has 2 aromatic rings. The minimum atomic E-state index is -0.729. The van der Waals surface area contributed by atoms with E-state index >= 15 is 0 Å². The van der Waals surface area contributed by atoms with E-state index in [-0.39, 0.29) is 11.8 Å². The molecule has 4 rings (SSSR count). The van der Waals surface area contributed by atoms with Crippen LogP contribution in [0.5, 0.6) is 0 Å². The number of nitrogens with zero attached hydrogens (tertiary/aromatic N) is 3. The molecule has 2 aliphatic rings. The number of piperazine rings is 1. The summed E-state index contributed by atoms with van der Waals surface area (Å²) in [4.78, 5) is 20.0. The summed E-state index contributed by atoms with van der Waals surface area (Å²) in [6.45, 7) is 8.63. The number of rotatable bonds is 6. The first-order valence-electron chi connectivity index (χ1n) is 11.4. The van der Waals surface area contributed by atoms with Crippen LogP contribution in [0.1, 0.15) is 31.4 Å². The molecular formula is C26H35N3O2. The molecule has 2 saturated heterocycles. The van der Waals surface area contributed by atoms with Gasteiger partial charge in [-0.1, -0.05) is 30.3 Å². The Kier molecular flexibility index (Phi) is 6.35. The van der Waals surface area contributed by atoms with Gasteiger partial charge in [-0.05, 0) is 63.1 Å². The average molecular weight is 422 g/mol. The highest BCUT2D eigenvalue weighted by molar-refractivity contribution is 5.97. The maximum atomic E-state index is 13.2. The third kappa shape index (κ3) is 5.28. The molecule has 0 unspecified atom stereocenters. The van der Waals surface area contributed by atoms with Gasteiger partial charge in [-0.15, -0.1) is 0 Å². The van der Waals surface area contributed by atoms with E-state index < -0.39 is 5.60 Å². The van der Waals surface area contributed by atoms with Gasteiger partial charge in [0, 0.05) is 56.4 Å². The predicted octanol–water partition coefficient (Wildman–Crippen LogP) is 3.35. The average Bonchev–Trinajstić information content (AvgIpc) is 3.09. The van der Waals surface area contributed by atoms with Crippen LogP contribution in [-0.4, -0.2) is 61.3 Å². The van der Waals surface area contributed by atoms with Crippen LogP contribution < -0.4 is 9.80 Å². The maximum Gasteiger partial charge on any atom is 0.230 e.